The van der Waals surface area contributed by atoms with Crippen LogP contribution in [0.5, 0.6) is 0 Å². The van der Waals surface area contributed by atoms with Crippen LogP contribution in [-0.2, 0) is 14.7 Å². The van der Waals surface area contributed by atoms with Crippen molar-refractivity contribution >= 4 is 0 Å². The minimum atomic E-state index is -0.551. The van der Waals surface area contributed by atoms with Gasteiger partial charge in [-0.2, -0.15) is 4.89 Å². The van der Waals surface area contributed by atoms with Crippen LogP contribution in [-0.4, -0.2) is 18.2 Å². The predicted octanol–water partition coefficient (Wildman–Crippen LogP) is -0.236. The Labute approximate surface area is 34.1 Å². The highest BCUT2D eigenvalue weighted by Crippen LogP contribution is 2.04. The van der Waals surface area contributed by atoms with Crippen molar-refractivity contribution in [3.05, 3.63) is 0 Å². The SMILES string of the molecule is OOC1COO1. The fraction of sp³-hybridized carbons (Fsp3) is 1.00. The molecule has 1 aliphatic heterocycles. The fourth-order valence-corrected chi connectivity index (χ4v) is 0.172. The van der Waals surface area contributed by atoms with Gasteiger partial charge in [0.25, 0.3) is 0 Å². The zero-order valence-electron chi connectivity index (χ0n) is 2.96. The van der Waals surface area contributed by atoms with Crippen molar-refractivity contribution in [3.63, 3.8) is 0 Å². The Morgan fingerprint density at radius 1 is 1.83 bits per heavy atom. The molecule has 0 aromatic heterocycles. The van der Waals surface area contributed by atoms with Crippen LogP contribution in [0.15, 0.2) is 0 Å². The molecular weight excluding hydrogens is 88.0 g/mol. The van der Waals surface area contributed by atoms with Gasteiger partial charge in [0.15, 0.2) is 0 Å². The molecule has 1 N–H and O–H groups in total. The third-order valence-electron chi connectivity index (χ3n) is 0.497. The monoisotopic (exact) mass is 92.0 g/mol. The second-order valence-electron chi connectivity index (χ2n) is 0.916. The minimum absolute atomic E-state index is 0.316. The first-order chi connectivity index (χ1) is 2.93. The van der Waals surface area contributed by atoms with E-state index in [1.165, 1.54) is 0 Å². The van der Waals surface area contributed by atoms with Crippen molar-refractivity contribution in [2.45, 2.75) is 6.29 Å². The zero-order valence-corrected chi connectivity index (χ0v) is 2.96. The summed E-state index contributed by atoms with van der Waals surface area (Å²) >= 11 is 0. The van der Waals surface area contributed by atoms with Crippen LogP contribution in [0.25, 0.3) is 0 Å². The van der Waals surface area contributed by atoms with E-state index in [0.29, 0.717) is 6.61 Å². The van der Waals surface area contributed by atoms with E-state index >= 15 is 0 Å². The summed E-state index contributed by atoms with van der Waals surface area (Å²) in [5.41, 5.74) is 0. The van der Waals surface area contributed by atoms with Gasteiger partial charge in [-0.1, -0.05) is 0 Å². The van der Waals surface area contributed by atoms with E-state index in [1.807, 2.05) is 0 Å². The molecule has 4 heteroatoms. The summed E-state index contributed by atoms with van der Waals surface area (Å²) in [4.78, 5) is 11.9. The van der Waals surface area contributed by atoms with E-state index in [4.69, 9.17) is 5.26 Å². The molecule has 1 unspecified atom stereocenters. The Bertz CT molecular complexity index is 38.1. The van der Waals surface area contributed by atoms with Gasteiger partial charge in [0, 0.05) is 0 Å². The summed E-state index contributed by atoms with van der Waals surface area (Å²) in [5.74, 6) is 0. The lowest BCUT2D eigenvalue weighted by Gasteiger charge is -2.19. The maximum atomic E-state index is 7.68. The number of rotatable bonds is 1. The van der Waals surface area contributed by atoms with Gasteiger partial charge in [0.1, 0.15) is 6.61 Å². The van der Waals surface area contributed by atoms with Crippen molar-refractivity contribution in [2.24, 2.45) is 0 Å². The quantitative estimate of drug-likeness (QED) is 0.358. The van der Waals surface area contributed by atoms with Gasteiger partial charge in [0.05, 0.1) is 0 Å². The summed E-state index contributed by atoms with van der Waals surface area (Å²) in [6, 6.07) is 0. The van der Waals surface area contributed by atoms with E-state index in [2.05, 4.69) is 14.7 Å². The van der Waals surface area contributed by atoms with E-state index < -0.39 is 6.29 Å². The molecule has 36 valence electrons. The molecule has 0 aliphatic carbocycles. The molecular formula is C2H4O4. The van der Waals surface area contributed by atoms with Crippen molar-refractivity contribution in [1.82, 2.24) is 0 Å². The van der Waals surface area contributed by atoms with Crippen LogP contribution in [0, 0.1) is 0 Å². The lowest BCUT2D eigenvalue weighted by molar-refractivity contribution is -0.534. The van der Waals surface area contributed by atoms with Crippen molar-refractivity contribution in [1.29, 1.82) is 0 Å². The van der Waals surface area contributed by atoms with Gasteiger partial charge in [-0.05, 0) is 0 Å². The predicted molar refractivity (Wildman–Crippen MR) is 14.5 cm³/mol. The van der Waals surface area contributed by atoms with E-state index in [1.54, 1.807) is 0 Å². The third kappa shape index (κ3) is 0.504. The maximum Gasteiger partial charge on any atom is 0.250 e. The third-order valence-corrected chi connectivity index (χ3v) is 0.497. The molecule has 1 saturated heterocycles. The highest BCUT2D eigenvalue weighted by molar-refractivity contribution is 4.36. The Morgan fingerprint density at radius 2 is 2.50 bits per heavy atom. The van der Waals surface area contributed by atoms with Gasteiger partial charge in [-0.15, -0.1) is 0 Å². The average Bonchev–Trinajstić information content (AvgIpc) is 1.31. The normalized spacial score (nSPS) is 32.5. The van der Waals surface area contributed by atoms with Gasteiger partial charge in [-0.25, -0.2) is 15.0 Å². The summed E-state index contributed by atoms with van der Waals surface area (Å²) in [7, 11) is 0. The molecule has 1 aliphatic rings. The summed E-state index contributed by atoms with van der Waals surface area (Å²) in [6.45, 7) is 0.316. The summed E-state index contributed by atoms with van der Waals surface area (Å²) < 4.78 is 0. The van der Waals surface area contributed by atoms with Crippen molar-refractivity contribution in [3.8, 4) is 0 Å². The Balaban J connectivity index is 2.01. The molecule has 0 aromatic carbocycles. The van der Waals surface area contributed by atoms with E-state index in [0.717, 1.165) is 0 Å². The van der Waals surface area contributed by atoms with Gasteiger partial charge >= 0.3 is 0 Å². The molecule has 1 fully saturated rings. The average molecular weight is 92.0 g/mol. The van der Waals surface area contributed by atoms with E-state index in [-0.39, 0.29) is 0 Å². The first-order valence-electron chi connectivity index (χ1n) is 1.52. The highest BCUT2D eigenvalue weighted by atomic mass is 17.3. The Kier molecular flexibility index (Phi) is 1.02. The molecule has 0 aromatic rings. The van der Waals surface area contributed by atoms with Crippen LogP contribution in [0.4, 0.5) is 0 Å². The van der Waals surface area contributed by atoms with Crippen LogP contribution in [0.2, 0.25) is 0 Å². The Morgan fingerprint density at radius 3 is 2.50 bits per heavy atom. The molecule has 0 radical (unpaired) electrons. The highest BCUT2D eigenvalue weighted by Gasteiger charge is 2.20. The first kappa shape index (κ1) is 4.01. The first-order valence-corrected chi connectivity index (χ1v) is 1.52. The molecule has 4 nitrogen and oxygen atoms in total. The lowest BCUT2D eigenvalue weighted by atomic mass is 10.7. The van der Waals surface area contributed by atoms with Gasteiger partial charge < -0.3 is 0 Å². The van der Waals surface area contributed by atoms with Gasteiger partial charge in [0.2, 0.25) is 6.29 Å². The van der Waals surface area contributed by atoms with Crippen LogP contribution >= 0.6 is 0 Å². The van der Waals surface area contributed by atoms with Gasteiger partial charge in [-0.3, -0.25) is 0 Å². The fourth-order valence-electron chi connectivity index (χ4n) is 0.172. The molecule has 0 bridgehead atoms. The topological polar surface area (TPSA) is 47.9 Å². The van der Waals surface area contributed by atoms with Crippen LogP contribution < -0.4 is 0 Å². The maximum absolute atomic E-state index is 7.68. The molecule has 1 rings (SSSR count). The lowest BCUT2D eigenvalue weighted by Crippen LogP contribution is -2.32. The van der Waals surface area contributed by atoms with Crippen molar-refractivity contribution in [2.75, 3.05) is 6.61 Å². The number of hydrogen-bond acceptors (Lipinski definition) is 4. The minimum Gasteiger partial charge on any atom is -0.249 e. The molecule has 0 spiro atoms. The number of hydrogen-bond donors (Lipinski definition) is 1. The van der Waals surface area contributed by atoms with Crippen LogP contribution in [0.1, 0.15) is 0 Å². The standard InChI is InChI=1S/C2H4O4/c3-5-2-1-4-6-2/h2-3H,1H2. The second kappa shape index (κ2) is 1.53. The largest absolute Gasteiger partial charge is 0.250 e. The molecule has 0 saturated carbocycles. The second-order valence-corrected chi connectivity index (χ2v) is 0.916. The molecule has 1 atom stereocenters. The Hall–Kier alpha value is -0.160. The zero-order chi connectivity index (χ0) is 4.41. The molecule has 6 heavy (non-hydrogen) atoms. The smallest absolute Gasteiger partial charge is 0.249 e. The van der Waals surface area contributed by atoms with Crippen molar-refractivity contribution < 1.29 is 19.9 Å². The van der Waals surface area contributed by atoms with E-state index in [9.17, 15) is 0 Å². The molecule has 0 amide bonds. The molecule has 1 heterocycles. The summed E-state index contributed by atoms with van der Waals surface area (Å²) in [5, 5.41) is 7.68. The summed E-state index contributed by atoms with van der Waals surface area (Å²) in [6.07, 6.45) is -0.551. The van der Waals surface area contributed by atoms with Crippen LogP contribution in [0.3, 0.4) is 0 Å².